The molecule has 27 heavy (non-hydrogen) atoms. The van der Waals surface area contributed by atoms with E-state index in [0.717, 1.165) is 45.2 Å². The smallest absolute Gasteiger partial charge is 0.244 e. The van der Waals surface area contributed by atoms with Gasteiger partial charge in [0.1, 0.15) is 6.04 Å². The largest absolute Gasteiger partial charge is 0.347 e. The molecule has 0 spiro atoms. The van der Waals surface area contributed by atoms with Gasteiger partial charge in [-0.15, -0.1) is 0 Å². The van der Waals surface area contributed by atoms with Gasteiger partial charge in [-0.1, -0.05) is 0 Å². The van der Waals surface area contributed by atoms with Crippen LogP contribution in [-0.2, 0) is 14.4 Å². The summed E-state index contributed by atoms with van der Waals surface area (Å²) in [6.45, 7) is 3.26. The standard InChI is InChI=1S/C21H33N3O3/c1-14(19(26)24-5-3-2-4-6-24)23-18(25)13-22-20(27)21-10-15-7-16(11-21)9-17(8-15)12-21/h14-17H,2-13H2,1H3,(H,22,27)(H,23,25)/t14-,15?,16?,17?,21?/m0/s1. The van der Waals surface area contributed by atoms with E-state index in [0.29, 0.717) is 17.8 Å². The third-order valence-electron chi connectivity index (χ3n) is 7.35. The first-order chi connectivity index (χ1) is 12.9. The SMILES string of the molecule is C[C@H](NC(=O)CNC(=O)C12CC3CC(CC(C3)C1)C2)C(=O)N1CCCCC1. The van der Waals surface area contributed by atoms with Gasteiger partial charge < -0.3 is 15.5 Å². The van der Waals surface area contributed by atoms with Crippen molar-refractivity contribution in [3.8, 4) is 0 Å². The quantitative estimate of drug-likeness (QED) is 0.770. The van der Waals surface area contributed by atoms with Crippen LogP contribution < -0.4 is 10.6 Å². The minimum Gasteiger partial charge on any atom is -0.347 e. The molecule has 1 aliphatic heterocycles. The van der Waals surface area contributed by atoms with Crippen LogP contribution in [0.25, 0.3) is 0 Å². The first-order valence-corrected chi connectivity index (χ1v) is 10.8. The number of nitrogens with one attached hydrogen (secondary N) is 2. The normalized spacial score (nSPS) is 35.6. The molecule has 5 rings (SSSR count). The number of rotatable bonds is 5. The van der Waals surface area contributed by atoms with Crippen molar-refractivity contribution in [1.29, 1.82) is 0 Å². The van der Waals surface area contributed by atoms with Gasteiger partial charge in [-0.05, 0) is 82.5 Å². The lowest BCUT2D eigenvalue weighted by Gasteiger charge is -2.55. The van der Waals surface area contributed by atoms with E-state index >= 15 is 0 Å². The van der Waals surface area contributed by atoms with Gasteiger partial charge in [0.15, 0.2) is 0 Å². The van der Waals surface area contributed by atoms with Crippen molar-refractivity contribution in [2.75, 3.05) is 19.6 Å². The van der Waals surface area contributed by atoms with E-state index in [1.54, 1.807) is 6.92 Å². The summed E-state index contributed by atoms with van der Waals surface area (Å²) < 4.78 is 0. The van der Waals surface area contributed by atoms with Crippen molar-refractivity contribution in [2.45, 2.75) is 70.8 Å². The first kappa shape index (κ1) is 18.8. The molecule has 0 radical (unpaired) electrons. The number of carbonyl (C=O) groups excluding carboxylic acids is 3. The Morgan fingerprint density at radius 2 is 1.52 bits per heavy atom. The summed E-state index contributed by atoms with van der Waals surface area (Å²) in [5.74, 6) is 1.89. The third kappa shape index (κ3) is 3.85. The molecule has 0 aromatic heterocycles. The second-order valence-electron chi connectivity index (χ2n) is 9.56. The highest BCUT2D eigenvalue weighted by Gasteiger charge is 2.54. The van der Waals surface area contributed by atoms with E-state index < -0.39 is 6.04 Å². The lowest BCUT2D eigenvalue weighted by atomic mass is 9.49. The van der Waals surface area contributed by atoms with E-state index in [-0.39, 0.29) is 29.7 Å². The number of piperidine rings is 1. The lowest BCUT2D eigenvalue weighted by molar-refractivity contribution is -0.147. The van der Waals surface area contributed by atoms with E-state index in [9.17, 15) is 14.4 Å². The average molecular weight is 376 g/mol. The molecule has 2 N–H and O–H groups in total. The summed E-state index contributed by atoms with van der Waals surface area (Å²) in [5, 5.41) is 5.65. The van der Waals surface area contributed by atoms with Crippen molar-refractivity contribution in [3.05, 3.63) is 0 Å². The molecule has 6 heteroatoms. The Morgan fingerprint density at radius 3 is 2.07 bits per heavy atom. The van der Waals surface area contributed by atoms with Gasteiger partial charge >= 0.3 is 0 Å². The van der Waals surface area contributed by atoms with Crippen LogP contribution in [0.15, 0.2) is 0 Å². The molecule has 4 bridgehead atoms. The Morgan fingerprint density at radius 1 is 0.963 bits per heavy atom. The Bertz CT molecular complexity index is 577. The zero-order chi connectivity index (χ0) is 19.0. The fourth-order valence-corrected chi connectivity index (χ4v) is 6.48. The predicted molar refractivity (Wildman–Crippen MR) is 102 cm³/mol. The first-order valence-electron chi connectivity index (χ1n) is 10.8. The topological polar surface area (TPSA) is 78.5 Å². The molecule has 0 aromatic carbocycles. The lowest BCUT2D eigenvalue weighted by Crippen LogP contribution is -2.55. The molecule has 5 fully saturated rings. The summed E-state index contributed by atoms with van der Waals surface area (Å²) in [6.07, 6.45) is 10.1. The zero-order valence-electron chi connectivity index (χ0n) is 16.5. The Labute approximate surface area is 161 Å². The summed E-state index contributed by atoms with van der Waals surface area (Å²) in [7, 11) is 0. The van der Waals surface area contributed by atoms with Crippen molar-refractivity contribution in [3.63, 3.8) is 0 Å². The maximum atomic E-state index is 12.9. The van der Waals surface area contributed by atoms with Crippen LogP contribution in [0.5, 0.6) is 0 Å². The van der Waals surface area contributed by atoms with Gasteiger partial charge in [-0.2, -0.15) is 0 Å². The molecular weight excluding hydrogens is 342 g/mol. The Balaban J connectivity index is 1.25. The summed E-state index contributed by atoms with van der Waals surface area (Å²) in [5.41, 5.74) is -0.232. The number of likely N-dealkylation sites (tertiary alicyclic amines) is 1. The molecule has 4 aliphatic carbocycles. The van der Waals surface area contributed by atoms with E-state index in [4.69, 9.17) is 0 Å². The predicted octanol–water partition coefficient (Wildman–Crippen LogP) is 1.84. The Hall–Kier alpha value is -1.59. The van der Waals surface area contributed by atoms with Gasteiger partial charge in [0.25, 0.3) is 0 Å². The van der Waals surface area contributed by atoms with Gasteiger partial charge in [0, 0.05) is 18.5 Å². The zero-order valence-corrected chi connectivity index (χ0v) is 16.5. The minimum absolute atomic E-state index is 0.0181. The molecular formula is C21H33N3O3. The fourth-order valence-electron chi connectivity index (χ4n) is 6.48. The van der Waals surface area contributed by atoms with E-state index in [1.807, 2.05) is 4.90 Å². The summed E-state index contributed by atoms with van der Waals surface area (Å²) >= 11 is 0. The molecule has 5 aliphatic rings. The van der Waals surface area contributed by atoms with Gasteiger partial charge in [-0.3, -0.25) is 14.4 Å². The maximum Gasteiger partial charge on any atom is 0.244 e. The molecule has 1 saturated heterocycles. The number of carbonyl (C=O) groups is 3. The molecule has 1 atom stereocenters. The molecule has 1 heterocycles. The van der Waals surface area contributed by atoms with Crippen LogP contribution >= 0.6 is 0 Å². The molecule has 150 valence electrons. The van der Waals surface area contributed by atoms with Gasteiger partial charge in [0.2, 0.25) is 17.7 Å². The van der Waals surface area contributed by atoms with Crippen LogP contribution in [-0.4, -0.2) is 48.3 Å². The van der Waals surface area contributed by atoms with Gasteiger partial charge in [-0.25, -0.2) is 0 Å². The van der Waals surface area contributed by atoms with Crippen molar-refractivity contribution in [1.82, 2.24) is 15.5 Å². The molecule has 6 nitrogen and oxygen atoms in total. The van der Waals surface area contributed by atoms with Crippen LogP contribution in [0, 0.1) is 23.2 Å². The molecule has 4 saturated carbocycles. The Kier molecular flexibility index (Phi) is 5.17. The van der Waals surface area contributed by atoms with E-state index in [2.05, 4.69) is 10.6 Å². The number of nitrogens with zero attached hydrogens (tertiary/aromatic N) is 1. The minimum atomic E-state index is -0.535. The second-order valence-corrected chi connectivity index (χ2v) is 9.56. The van der Waals surface area contributed by atoms with Gasteiger partial charge in [0.05, 0.1) is 6.54 Å². The monoisotopic (exact) mass is 375 g/mol. The van der Waals surface area contributed by atoms with Crippen molar-refractivity contribution < 1.29 is 14.4 Å². The highest BCUT2D eigenvalue weighted by Crippen LogP contribution is 2.60. The molecule has 0 unspecified atom stereocenters. The number of hydrogen-bond acceptors (Lipinski definition) is 3. The van der Waals surface area contributed by atoms with Crippen molar-refractivity contribution >= 4 is 17.7 Å². The summed E-state index contributed by atoms with van der Waals surface area (Å²) in [4.78, 5) is 39.4. The average Bonchev–Trinajstić information content (AvgIpc) is 2.65. The molecule has 0 aromatic rings. The van der Waals surface area contributed by atoms with E-state index in [1.165, 1.54) is 25.7 Å². The number of amides is 3. The molecule has 3 amide bonds. The van der Waals surface area contributed by atoms with Crippen LogP contribution in [0.3, 0.4) is 0 Å². The second kappa shape index (κ2) is 7.44. The van der Waals surface area contributed by atoms with Crippen LogP contribution in [0.2, 0.25) is 0 Å². The maximum absolute atomic E-state index is 12.9. The van der Waals surface area contributed by atoms with Crippen molar-refractivity contribution in [2.24, 2.45) is 23.2 Å². The highest BCUT2D eigenvalue weighted by molar-refractivity contribution is 5.91. The summed E-state index contributed by atoms with van der Waals surface area (Å²) in [6, 6.07) is -0.535. The third-order valence-corrected chi connectivity index (χ3v) is 7.35. The number of hydrogen-bond donors (Lipinski definition) is 2. The van der Waals surface area contributed by atoms with Crippen LogP contribution in [0.4, 0.5) is 0 Å². The fraction of sp³-hybridized carbons (Fsp3) is 0.857. The van der Waals surface area contributed by atoms with Crippen LogP contribution in [0.1, 0.15) is 64.7 Å². The highest BCUT2D eigenvalue weighted by atomic mass is 16.2.